The summed E-state index contributed by atoms with van der Waals surface area (Å²) in [5, 5.41) is 11.2. The van der Waals surface area contributed by atoms with Gasteiger partial charge in [-0.3, -0.25) is 4.99 Å². The molecule has 0 saturated carbocycles. The number of hydrogen-bond donors (Lipinski definition) is 2. The summed E-state index contributed by atoms with van der Waals surface area (Å²) in [4.78, 5) is 4.25. The molecule has 7 heteroatoms. The number of benzene rings is 1. The normalized spacial score (nSPS) is 17.2. The van der Waals surface area contributed by atoms with Gasteiger partial charge in [-0.2, -0.15) is 5.10 Å². The van der Waals surface area contributed by atoms with Crippen molar-refractivity contribution in [2.75, 3.05) is 40.0 Å². The molecule has 1 aromatic carbocycles. The van der Waals surface area contributed by atoms with Crippen molar-refractivity contribution in [3.63, 3.8) is 0 Å². The lowest BCUT2D eigenvalue weighted by molar-refractivity contribution is 0.0888. The minimum absolute atomic E-state index is 0.572. The van der Waals surface area contributed by atoms with Gasteiger partial charge in [-0.05, 0) is 31.0 Å². The molecule has 2 N–H and O–H groups in total. The van der Waals surface area contributed by atoms with E-state index in [0.717, 1.165) is 63.2 Å². The Morgan fingerprint density at radius 1 is 1.30 bits per heavy atom. The minimum Gasteiger partial charge on any atom is -0.381 e. The predicted molar refractivity (Wildman–Crippen MR) is 106 cm³/mol. The van der Waals surface area contributed by atoms with Gasteiger partial charge in [0.2, 0.25) is 0 Å². The van der Waals surface area contributed by atoms with Crippen LogP contribution in [-0.2, 0) is 16.0 Å². The van der Waals surface area contributed by atoms with Gasteiger partial charge in [-0.25, -0.2) is 4.68 Å². The highest BCUT2D eigenvalue weighted by Gasteiger charge is 2.15. The Kier molecular flexibility index (Phi) is 7.68. The van der Waals surface area contributed by atoms with Crippen molar-refractivity contribution in [1.82, 2.24) is 20.4 Å². The van der Waals surface area contributed by atoms with Gasteiger partial charge in [0.1, 0.15) is 0 Å². The summed E-state index contributed by atoms with van der Waals surface area (Å²) in [5.74, 6) is 1.34. The summed E-state index contributed by atoms with van der Waals surface area (Å²) in [6, 6.07) is 12.1. The van der Waals surface area contributed by atoms with Crippen LogP contribution in [0.3, 0.4) is 0 Å². The highest BCUT2D eigenvalue weighted by molar-refractivity contribution is 5.79. The first-order chi connectivity index (χ1) is 13.3. The number of ether oxygens (including phenoxy) is 2. The number of para-hydroxylation sites is 1. The van der Waals surface area contributed by atoms with Crippen molar-refractivity contribution in [2.24, 2.45) is 10.9 Å². The second-order valence-corrected chi connectivity index (χ2v) is 6.60. The van der Waals surface area contributed by atoms with Gasteiger partial charge in [0.15, 0.2) is 5.96 Å². The first-order valence-corrected chi connectivity index (χ1v) is 9.55. The number of nitrogens with one attached hydrogen (secondary N) is 2. The van der Waals surface area contributed by atoms with Crippen LogP contribution < -0.4 is 10.6 Å². The van der Waals surface area contributed by atoms with E-state index in [4.69, 9.17) is 9.47 Å². The average molecular weight is 371 g/mol. The molecule has 0 amide bonds. The van der Waals surface area contributed by atoms with E-state index in [-0.39, 0.29) is 0 Å². The summed E-state index contributed by atoms with van der Waals surface area (Å²) in [6.45, 7) is 4.71. The van der Waals surface area contributed by atoms with Crippen molar-refractivity contribution < 1.29 is 9.47 Å². The lowest BCUT2D eigenvalue weighted by Gasteiger charge is -2.12. The fraction of sp³-hybridized carbons (Fsp3) is 0.500. The number of nitrogens with zero attached hydrogens (tertiary/aromatic N) is 3. The molecular formula is C20H29N5O2. The van der Waals surface area contributed by atoms with E-state index >= 15 is 0 Å². The quantitative estimate of drug-likeness (QED) is 0.401. The van der Waals surface area contributed by atoms with E-state index in [0.29, 0.717) is 12.5 Å². The highest BCUT2D eigenvalue weighted by atomic mass is 16.5. The van der Waals surface area contributed by atoms with Crippen LogP contribution in [0.25, 0.3) is 5.69 Å². The molecule has 3 rings (SSSR count). The smallest absolute Gasteiger partial charge is 0.191 e. The van der Waals surface area contributed by atoms with E-state index in [1.807, 2.05) is 47.3 Å². The Morgan fingerprint density at radius 3 is 2.96 bits per heavy atom. The summed E-state index contributed by atoms with van der Waals surface area (Å²) >= 11 is 0. The Labute approximate surface area is 160 Å². The second-order valence-electron chi connectivity index (χ2n) is 6.60. The first kappa shape index (κ1) is 19.4. The number of aliphatic imine (C=N–C) groups is 1. The monoisotopic (exact) mass is 371 g/mol. The molecule has 1 unspecified atom stereocenters. The van der Waals surface area contributed by atoms with E-state index in [1.165, 1.54) is 0 Å². The Bertz CT molecular complexity index is 695. The molecule has 2 aromatic rings. The number of aromatic nitrogens is 2. The van der Waals surface area contributed by atoms with E-state index in [1.54, 1.807) is 7.05 Å². The van der Waals surface area contributed by atoms with Crippen LogP contribution in [0.1, 0.15) is 18.5 Å². The maximum atomic E-state index is 5.71. The molecule has 146 valence electrons. The van der Waals surface area contributed by atoms with Crippen LogP contribution >= 0.6 is 0 Å². The van der Waals surface area contributed by atoms with Gasteiger partial charge >= 0.3 is 0 Å². The van der Waals surface area contributed by atoms with Crippen molar-refractivity contribution in [1.29, 1.82) is 0 Å². The molecule has 0 spiro atoms. The molecule has 1 atom stereocenters. The van der Waals surface area contributed by atoms with Crippen LogP contribution in [0.4, 0.5) is 0 Å². The SMILES string of the molecule is CN=C(NCCCOCC1CCOC1)NCc1ccn(-c2ccccc2)n1. The second kappa shape index (κ2) is 10.7. The van der Waals surface area contributed by atoms with Crippen LogP contribution in [0.5, 0.6) is 0 Å². The molecule has 0 bridgehead atoms. The molecule has 1 saturated heterocycles. The molecule has 2 heterocycles. The molecule has 1 aromatic heterocycles. The lowest BCUT2D eigenvalue weighted by atomic mass is 10.1. The van der Waals surface area contributed by atoms with Gasteiger partial charge in [-0.1, -0.05) is 18.2 Å². The molecule has 0 aliphatic carbocycles. The molecule has 1 aliphatic heterocycles. The van der Waals surface area contributed by atoms with Crippen LogP contribution in [0.2, 0.25) is 0 Å². The van der Waals surface area contributed by atoms with Crippen LogP contribution in [0.15, 0.2) is 47.6 Å². The third-order valence-corrected chi connectivity index (χ3v) is 4.46. The molecule has 0 radical (unpaired) electrons. The zero-order chi connectivity index (χ0) is 18.7. The van der Waals surface area contributed by atoms with Crippen molar-refractivity contribution >= 4 is 5.96 Å². The Hall–Kier alpha value is -2.38. The minimum atomic E-state index is 0.572. The third-order valence-electron chi connectivity index (χ3n) is 4.46. The van der Waals surface area contributed by atoms with Gasteiger partial charge in [-0.15, -0.1) is 0 Å². The van der Waals surface area contributed by atoms with E-state index in [9.17, 15) is 0 Å². The Balaban J connectivity index is 1.31. The highest BCUT2D eigenvalue weighted by Crippen LogP contribution is 2.12. The lowest BCUT2D eigenvalue weighted by Crippen LogP contribution is -2.37. The largest absolute Gasteiger partial charge is 0.381 e. The standard InChI is InChI=1S/C20H29N5O2/c1-21-20(22-10-5-12-26-15-17-9-13-27-16-17)23-14-18-8-11-25(24-18)19-6-3-2-4-7-19/h2-4,6-8,11,17H,5,9-10,12-16H2,1H3,(H2,21,22,23). The van der Waals surface area contributed by atoms with Gasteiger partial charge in [0.25, 0.3) is 0 Å². The van der Waals surface area contributed by atoms with Crippen molar-refractivity contribution in [3.05, 3.63) is 48.3 Å². The van der Waals surface area contributed by atoms with Crippen LogP contribution in [-0.4, -0.2) is 55.8 Å². The number of guanidine groups is 1. The van der Waals surface area contributed by atoms with E-state index in [2.05, 4.69) is 20.7 Å². The summed E-state index contributed by atoms with van der Waals surface area (Å²) < 4.78 is 12.9. The molecule has 1 fully saturated rings. The summed E-state index contributed by atoms with van der Waals surface area (Å²) in [5.41, 5.74) is 2.01. The van der Waals surface area contributed by atoms with Gasteiger partial charge in [0, 0.05) is 38.9 Å². The number of hydrogen-bond acceptors (Lipinski definition) is 4. The molecule has 7 nitrogen and oxygen atoms in total. The van der Waals surface area contributed by atoms with Gasteiger partial charge < -0.3 is 20.1 Å². The molecule has 27 heavy (non-hydrogen) atoms. The van der Waals surface area contributed by atoms with Crippen molar-refractivity contribution in [3.8, 4) is 5.69 Å². The molecular weight excluding hydrogens is 342 g/mol. The first-order valence-electron chi connectivity index (χ1n) is 9.55. The third kappa shape index (κ3) is 6.37. The Morgan fingerprint density at radius 2 is 2.19 bits per heavy atom. The summed E-state index contributed by atoms with van der Waals surface area (Å²) in [6.07, 6.45) is 4.03. The van der Waals surface area contributed by atoms with Crippen LogP contribution in [0, 0.1) is 5.92 Å². The average Bonchev–Trinajstić information content (AvgIpc) is 3.39. The predicted octanol–water partition coefficient (Wildman–Crippen LogP) is 1.98. The zero-order valence-corrected chi connectivity index (χ0v) is 15.9. The zero-order valence-electron chi connectivity index (χ0n) is 15.9. The molecule has 1 aliphatic rings. The number of rotatable bonds is 9. The maximum absolute atomic E-state index is 5.71. The van der Waals surface area contributed by atoms with Gasteiger partial charge in [0.05, 0.1) is 31.1 Å². The van der Waals surface area contributed by atoms with Crippen molar-refractivity contribution in [2.45, 2.75) is 19.4 Å². The maximum Gasteiger partial charge on any atom is 0.191 e. The fourth-order valence-electron chi connectivity index (χ4n) is 2.92. The van der Waals surface area contributed by atoms with E-state index < -0.39 is 0 Å². The topological polar surface area (TPSA) is 72.7 Å². The summed E-state index contributed by atoms with van der Waals surface area (Å²) in [7, 11) is 1.77. The fourth-order valence-corrected chi connectivity index (χ4v) is 2.92.